The van der Waals surface area contributed by atoms with Crippen LogP contribution in [0, 0.1) is 0 Å². The standard InChI is InChI=1S/C19H32N4O/c1-7-15-11-9-10-12-16(15)13-21-18(20-8-2)23(6)14-17(24)22-19(3,4)5/h9-12H,7-8,13-14H2,1-6H3,(H,20,21)(H,22,24). The number of aryl methyl sites for hydroxylation is 1. The minimum Gasteiger partial charge on any atom is -0.357 e. The van der Waals surface area contributed by atoms with Gasteiger partial charge < -0.3 is 15.5 Å². The molecule has 0 saturated heterocycles. The first-order valence-corrected chi connectivity index (χ1v) is 8.64. The second kappa shape index (κ2) is 9.30. The number of carbonyl (C=O) groups is 1. The summed E-state index contributed by atoms with van der Waals surface area (Å²) in [6, 6.07) is 8.34. The fourth-order valence-corrected chi connectivity index (χ4v) is 2.43. The van der Waals surface area contributed by atoms with E-state index in [0.717, 1.165) is 18.9 Å². The van der Waals surface area contributed by atoms with Gasteiger partial charge in [-0.2, -0.15) is 0 Å². The zero-order valence-corrected chi connectivity index (χ0v) is 15.9. The summed E-state index contributed by atoms with van der Waals surface area (Å²) in [5.41, 5.74) is 2.31. The zero-order valence-electron chi connectivity index (χ0n) is 15.9. The third-order valence-electron chi connectivity index (χ3n) is 3.49. The molecule has 0 radical (unpaired) electrons. The van der Waals surface area contributed by atoms with Gasteiger partial charge in [-0.1, -0.05) is 31.2 Å². The van der Waals surface area contributed by atoms with E-state index in [4.69, 9.17) is 4.99 Å². The highest BCUT2D eigenvalue weighted by Crippen LogP contribution is 2.10. The number of rotatable bonds is 6. The van der Waals surface area contributed by atoms with Gasteiger partial charge >= 0.3 is 0 Å². The molecule has 0 aliphatic carbocycles. The van der Waals surface area contributed by atoms with Crippen molar-refractivity contribution in [3.05, 3.63) is 35.4 Å². The summed E-state index contributed by atoms with van der Waals surface area (Å²) < 4.78 is 0. The molecule has 0 fully saturated rings. The van der Waals surface area contributed by atoms with Crippen molar-refractivity contribution >= 4 is 11.9 Å². The summed E-state index contributed by atoms with van der Waals surface area (Å²) in [7, 11) is 1.88. The number of carbonyl (C=O) groups excluding carboxylic acids is 1. The molecule has 1 aromatic carbocycles. The second-order valence-corrected chi connectivity index (χ2v) is 6.95. The minimum absolute atomic E-state index is 0.00967. The van der Waals surface area contributed by atoms with Gasteiger partial charge in [-0.3, -0.25) is 4.79 Å². The third-order valence-corrected chi connectivity index (χ3v) is 3.49. The Hall–Kier alpha value is -2.04. The molecular formula is C19H32N4O. The van der Waals surface area contributed by atoms with Crippen molar-refractivity contribution in [1.29, 1.82) is 0 Å². The largest absolute Gasteiger partial charge is 0.357 e. The van der Waals surface area contributed by atoms with Crippen molar-refractivity contribution in [1.82, 2.24) is 15.5 Å². The van der Waals surface area contributed by atoms with Crippen molar-refractivity contribution in [2.24, 2.45) is 4.99 Å². The van der Waals surface area contributed by atoms with Gasteiger partial charge in [0.2, 0.25) is 5.91 Å². The first kappa shape index (κ1) is 20.0. The molecular weight excluding hydrogens is 300 g/mol. The fourth-order valence-electron chi connectivity index (χ4n) is 2.43. The average Bonchev–Trinajstić information content (AvgIpc) is 2.49. The predicted octanol–water partition coefficient (Wildman–Crippen LogP) is 2.56. The smallest absolute Gasteiger partial charge is 0.240 e. The van der Waals surface area contributed by atoms with Crippen molar-refractivity contribution in [2.75, 3.05) is 20.1 Å². The van der Waals surface area contributed by atoms with Crippen LogP contribution in [0.25, 0.3) is 0 Å². The summed E-state index contributed by atoms with van der Waals surface area (Å²) in [5.74, 6) is 0.733. The van der Waals surface area contributed by atoms with E-state index < -0.39 is 0 Å². The molecule has 0 atom stereocenters. The first-order chi connectivity index (χ1) is 11.3. The van der Waals surface area contributed by atoms with Gasteiger partial charge in [0.05, 0.1) is 13.1 Å². The van der Waals surface area contributed by atoms with Crippen LogP contribution >= 0.6 is 0 Å². The summed E-state index contributed by atoms with van der Waals surface area (Å²) in [6.07, 6.45) is 0.992. The van der Waals surface area contributed by atoms with Crippen LogP contribution in [0.4, 0.5) is 0 Å². The highest BCUT2D eigenvalue weighted by molar-refractivity contribution is 5.86. The molecule has 5 heteroatoms. The molecule has 0 aliphatic rings. The van der Waals surface area contributed by atoms with Crippen LogP contribution in [0.3, 0.4) is 0 Å². The normalized spacial score (nSPS) is 12.0. The highest BCUT2D eigenvalue weighted by atomic mass is 16.2. The number of aliphatic imine (C=N–C) groups is 1. The van der Waals surface area contributed by atoms with Gasteiger partial charge in [-0.05, 0) is 45.2 Å². The summed E-state index contributed by atoms with van der Waals surface area (Å²) >= 11 is 0. The van der Waals surface area contributed by atoms with E-state index in [2.05, 4.69) is 35.8 Å². The topological polar surface area (TPSA) is 56.7 Å². The number of nitrogens with zero attached hydrogens (tertiary/aromatic N) is 2. The Morgan fingerprint density at radius 1 is 1.17 bits per heavy atom. The van der Waals surface area contributed by atoms with Crippen LogP contribution in [0.1, 0.15) is 45.7 Å². The zero-order chi connectivity index (χ0) is 18.2. The van der Waals surface area contributed by atoms with Crippen LogP contribution in [0.5, 0.6) is 0 Å². The number of amides is 1. The monoisotopic (exact) mass is 332 g/mol. The lowest BCUT2D eigenvalue weighted by atomic mass is 10.1. The number of guanidine groups is 1. The first-order valence-electron chi connectivity index (χ1n) is 8.64. The molecule has 5 nitrogen and oxygen atoms in total. The number of likely N-dealkylation sites (N-methyl/N-ethyl adjacent to an activating group) is 1. The van der Waals surface area contributed by atoms with Crippen molar-refractivity contribution in [2.45, 2.75) is 53.1 Å². The quantitative estimate of drug-likeness (QED) is 0.622. The third kappa shape index (κ3) is 7.02. The van der Waals surface area contributed by atoms with E-state index in [-0.39, 0.29) is 18.0 Å². The van der Waals surface area contributed by atoms with E-state index in [1.165, 1.54) is 11.1 Å². The van der Waals surface area contributed by atoms with Crippen LogP contribution in [0.2, 0.25) is 0 Å². The number of benzene rings is 1. The Morgan fingerprint density at radius 2 is 1.79 bits per heavy atom. The Kier molecular flexibility index (Phi) is 7.75. The van der Waals surface area contributed by atoms with E-state index >= 15 is 0 Å². The molecule has 1 rings (SSSR count). The lowest BCUT2D eigenvalue weighted by molar-refractivity contribution is -0.122. The molecule has 0 bridgehead atoms. The van der Waals surface area contributed by atoms with Crippen LogP contribution < -0.4 is 10.6 Å². The molecule has 0 aliphatic heterocycles. The molecule has 0 saturated carbocycles. The van der Waals surface area contributed by atoms with Crippen LogP contribution in [0.15, 0.2) is 29.3 Å². The lowest BCUT2D eigenvalue weighted by Gasteiger charge is -2.25. The molecule has 1 amide bonds. The lowest BCUT2D eigenvalue weighted by Crippen LogP contribution is -2.48. The van der Waals surface area contributed by atoms with Crippen molar-refractivity contribution in [3.8, 4) is 0 Å². The number of hydrogen-bond donors (Lipinski definition) is 2. The van der Waals surface area contributed by atoms with E-state index in [9.17, 15) is 4.79 Å². The van der Waals surface area contributed by atoms with Crippen molar-refractivity contribution in [3.63, 3.8) is 0 Å². The predicted molar refractivity (Wildman–Crippen MR) is 101 cm³/mol. The fraction of sp³-hybridized carbons (Fsp3) is 0.579. The van der Waals surface area contributed by atoms with E-state index in [0.29, 0.717) is 6.54 Å². The SMILES string of the molecule is CCNC(=NCc1ccccc1CC)N(C)CC(=O)NC(C)(C)C. The van der Waals surface area contributed by atoms with Gasteiger partial charge in [0.15, 0.2) is 5.96 Å². The maximum absolute atomic E-state index is 12.1. The van der Waals surface area contributed by atoms with E-state index in [1.807, 2.05) is 45.7 Å². The molecule has 24 heavy (non-hydrogen) atoms. The van der Waals surface area contributed by atoms with Crippen LogP contribution in [-0.2, 0) is 17.8 Å². The minimum atomic E-state index is -0.229. The molecule has 0 aromatic heterocycles. The van der Waals surface area contributed by atoms with Gasteiger partial charge in [0, 0.05) is 19.1 Å². The second-order valence-electron chi connectivity index (χ2n) is 6.95. The molecule has 0 spiro atoms. The molecule has 0 unspecified atom stereocenters. The maximum Gasteiger partial charge on any atom is 0.240 e. The van der Waals surface area contributed by atoms with Gasteiger partial charge in [0.25, 0.3) is 0 Å². The summed E-state index contributed by atoms with van der Waals surface area (Å²) in [6.45, 7) is 11.8. The summed E-state index contributed by atoms with van der Waals surface area (Å²) in [4.78, 5) is 18.7. The number of hydrogen-bond acceptors (Lipinski definition) is 2. The molecule has 2 N–H and O–H groups in total. The Balaban J connectivity index is 2.79. The molecule has 1 aromatic rings. The Morgan fingerprint density at radius 3 is 2.33 bits per heavy atom. The highest BCUT2D eigenvalue weighted by Gasteiger charge is 2.16. The maximum atomic E-state index is 12.1. The van der Waals surface area contributed by atoms with Crippen LogP contribution in [-0.4, -0.2) is 42.4 Å². The van der Waals surface area contributed by atoms with Gasteiger partial charge in [-0.25, -0.2) is 4.99 Å². The van der Waals surface area contributed by atoms with Crippen molar-refractivity contribution < 1.29 is 4.79 Å². The van der Waals surface area contributed by atoms with Gasteiger partial charge in [-0.15, -0.1) is 0 Å². The van der Waals surface area contributed by atoms with Gasteiger partial charge in [0.1, 0.15) is 0 Å². The molecule has 134 valence electrons. The average molecular weight is 332 g/mol. The number of nitrogens with one attached hydrogen (secondary N) is 2. The molecule has 0 heterocycles. The van der Waals surface area contributed by atoms with E-state index in [1.54, 1.807) is 0 Å². The Bertz CT molecular complexity index is 561. The summed E-state index contributed by atoms with van der Waals surface area (Å²) in [5, 5.41) is 6.23. The Labute approximate surface area is 146 Å².